The molecule has 0 saturated carbocycles. The van der Waals surface area contributed by atoms with Crippen LogP contribution >= 0.6 is 0 Å². The van der Waals surface area contributed by atoms with Crippen LogP contribution in [0.3, 0.4) is 0 Å². The molecule has 5 rings (SSSR count). The molecule has 162 valence electrons. The summed E-state index contributed by atoms with van der Waals surface area (Å²) in [4.78, 5) is 30.1. The predicted molar refractivity (Wildman–Crippen MR) is 118 cm³/mol. The van der Waals surface area contributed by atoms with Crippen LogP contribution in [0.25, 0.3) is 0 Å². The van der Waals surface area contributed by atoms with Crippen molar-refractivity contribution in [1.82, 2.24) is 15.6 Å². The van der Waals surface area contributed by atoms with Crippen LogP contribution in [0.15, 0.2) is 66.7 Å². The molecular weight excluding hydrogens is 406 g/mol. The van der Waals surface area contributed by atoms with Gasteiger partial charge >= 0.3 is 0 Å². The number of ether oxygens (including phenoxy) is 2. The molecule has 32 heavy (non-hydrogen) atoms. The number of nitrogens with zero attached hydrogens (tertiary/aromatic N) is 1. The number of nitrogens with one attached hydrogen (secondary N) is 2. The van der Waals surface area contributed by atoms with Crippen molar-refractivity contribution in [2.24, 2.45) is 0 Å². The van der Waals surface area contributed by atoms with Crippen molar-refractivity contribution in [2.75, 3.05) is 13.2 Å². The molecule has 2 aromatic carbocycles. The summed E-state index contributed by atoms with van der Waals surface area (Å²) >= 11 is 0. The minimum Gasteiger partial charge on any atom is -0.493 e. The summed E-state index contributed by atoms with van der Waals surface area (Å²) in [5.41, 5.74) is 2.29. The standard InChI is InChI=1S/C25H23N3O4/c29-24(27-18-12-14-31-22-10-3-1-6-16(18)22)20-8-5-9-21(26-20)25(30)28-19-13-15-32-23-11-4-2-7-17(19)23/h1-11,18-19H,12-15H2,(H,27,29)(H,28,30). The van der Waals surface area contributed by atoms with E-state index in [0.717, 1.165) is 22.6 Å². The van der Waals surface area contributed by atoms with Crippen LogP contribution in [0, 0.1) is 0 Å². The zero-order valence-corrected chi connectivity index (χ0v) is 17.4. The van der Waals surface area contributed by atoms with Gasteiger partial charge in [-0.3, -0.25) is 9.59 Å². The molecule has 2 aliphatic rings. The quantitative estimate of drug-likeness (QED) is 0.662. The molecule has 2 atom stereocenters. The molecular formula is C25H23N3O4. The van der Waals surface area contributed by atoms with Crippen molar-refractivity contribution in [3.8, 4) is 11.5 Å². The average molecular weight is 429 g/mol. The molecule has 3 heterocycles. The largest absolute Gasteiger partial charge is 0.493 e. The van der Waals surface area contributed by atoms with E-state index in [4.69, 9.17) is 9.47 Å². The van der Waals surface area contributed by atoms with Crippen molar-refractivity contribution in [3.63, 3.8) is 0 Å². The van der Waals surface area contributed by atoms with Crippen LogP contribution < -0.4 is 20.1 Å². The maximum Gasteiger partial charge on any atom is 0.270 e. The number of rotatable bonds is 4. The van der Waals surface area contributed by atoms with Crippen molar-refractivity contribution < 1.29 is 19.1 Å². The lowest BCUT2D eigenvalue weighted by molar-refractivity contribution is 0.0916. The van der Waals surface area contributed by atoms with E-state index in [1.165, 1.54) is 0 Å². The van der Waals surface area contributed by atoms with Crippen LogP contribution in [-0.2, 0) is 0 Å². The number of carbonyl (C=O) groups excluding carboxylic acids is 2. The first-order chi connectivity index (χ1) is 15.7. The van der Waals surface area contributed by atoms with Gasteiger partial charge in [0, 0.05) is 24.0 Å². The molecule has 0 aliphatic carbocycles. The monoisotopic (exact) mass is 429 g/mol. The van der Waals surface area contributed by atoms with Gasteiger partial charge in [0.05, 0.1) is 25.3 Å². The van der Waals surface area contributed by atoms with Crippen molar-refractivity contribution in [3.05, 3.63) is 89.2 Å². The van der Waals surface area contributed by atoms with Crippen LogP contribution in [-0.4, -0.2) is 30.0 Å². The van der Waals surface area contributed by atoms with E-state index < -0.39 is 0 Å². The van der Waals surface area contributed by atoms with Gasteiger partial charge in [-0.05, 0) is 24.3 Å². The van der Waals surface area contributed by atoms with Crippen LogP contribution in [0.1, 0.15) is 57.0 Å². The van der Waals surface area contributed by atoms with Crippen LogP contribution in [0.2, 0.25) is 0 Å². The molecule has 0 radical (unpaired) electrons. The number of aromatic nitrogens is 1. The Kier molecular flexibility index (Phi) is 5.46. The summed E-state index contributed by atoms with van der Waals surface area (Å²) in [6.45, 7) is 1.06. The fourth-order valence-electron chi connectivity index (χ4n) is 4.14. The number of fused-ring (bicyclic) bond motifs is 2. The molecule has 0 bridgehead atoms. The number of pyridine rings is 1. The highest BCUT2D eigenvalue weighted by Crippen LogP contribution is 2.32. The fourth-order valence-corrected chi connectivity index (χ4v) is 4.14. The van der Waals surface area contributed by atoms with Gasteiger partial charge in [0.1, 0.15) is 22.9 Å². The number of benzene rings is 2. The Labute approximate surface area is 185 Å². The molecule has 0 fully saturated rings. The Bertz CT molecular complexity index is 1080. The normalized spacial score (nSPS) is 18.9. The second-order valence-corrected chi connectivity index (χ2v) is 7.81. The first kappa shape index (κ1) is 20.1. The molecule has 2 N–H and O–H groups in total. The first-order valence-electron chi connectivity index (χ1n) is 10.7. The highest BCUT2D eigenvalue weighted by atomic mass is 16.5. The summed E-state index contributed by atoms with van der Waals surface area (Å²) < 4.78 is 11.3. The number of carbonyl (C=O) groups is 2. The summed E-state index contributed by atoms with van der Waals surface area (Å²) in [6, 6.07) is 19.9. The Balaban J connectivity index is 1.30. The van der Waals surface area contributed by atoms with Gasteiger partial charge < -0.3 is 20.1 Å². The SMILES string of the molecule is O=C(NC1CCOc2ccccc21)c1cccc(C(=O)NC2CCOc3ccccc32)n1. The van der Waals surface area contributed by atoms with Gasteiger partial charge in [0.15, 0.2) is 0 Å². The fraction of sp³-hybridized carbons (Fsp3) is 0.240. The summed E-state index contributed by atoms with van der Waals surface area (Å²) in [5, 5.41) is 6.04. The van der Waals surface area contributed by atoms with Gasteiger partial charge in [-0.1, -0.05) is 42.5 Å². The maximum atomic E-state index is 12.9. The Morgan fingerprint density at radius 1 is 0.688 bits per heavy atom. The minimum atomic E-state index is -0.322. The third-order valence-electron chi connectivity index (χ3n) is 5.74. The molecule has 2 amide bonds. The zero-order valence-electron chi connectivity index (χ0n) is 17.4. The third-order valence-corrected chi connectivity index (χ3v) is 5.74. The van der Waals surface area contributed by atoms with Gasteiger partial charge in [-0.2, -0.15) is 0 Å². The summed E-state index contributed by atoms with van der Waals surface area (Å²) in [5.74, 6) is 0.916. The van der Waals surface area contributed by atoms with Gasteiger partial charge in [0.25, 0.3) is 11.8 Å². The number of hydrogen-bond donors (Lipinski definition) is 2. The number of hydrogen-bond acceptors (Lipinski definition) is 5. The zero-order chi connectivity index (χ0) is 21.9. The average Bonchev–Trinajstić information content (AvgIpc) is 2.84. The predicted octanol–water partition coefficient (Wildman–Crippen LogP) is 3.59. The Morgan fingerprint density at radius 3 is 1.66 bits per heavy atom. The van der Waals surface area contributed by atoms with Crippen molar-refractivity contribution in [2.45, 2.75) is 24.9 Å². The van der Waals surface area contributed by atoms with E-state index in [-0.39, 0.29) is 35.3 Å². The number of amides is 2. The van der Waals surface area contributed by atoms with Crippen molar-refractivity contribution in [1.29, 1.82) is 0 Å². The van der Waals surface area contributed by atoms with E-state index in [2.05, 4.69) is 15.6 Å². The topological polar surface area (TPSA) is 89.5 Å². The molecule has 1 aromatic heterocycles. The summed E-state index contributed by atoms with van der Waals surface area (Å²) in [7, 11) is 0. The molecule has 7 nitrogen and oxygen atoms in total. The minimum absolute atomic E-state index is 0.162. The van der Waals surface area contributed by atoms with E-state index in [1.807, 2.05) is 48.5 Å². The van der Waals surface area contributed by atoms with Gasteiger partial charge in [-0.25, -0.2) is 4.98 Å². The molecule has 2 unspecified atom stereocenters. The third kappa shape index (κ3) is 4.01. The summed E-state index contributed by atoms with van der Waals surface area (Å²) in [6.07, 6.45) is 1.35. The van der Waals surface area contributed by atoms with Gasteiger partial charge in [0.2, 0.25) is 0 Å². The Hall–Kier alpha value is -3.87. The molecule has 3 aromatic rings. The maximum absolute atomic E-state index is 12.9. The van der Waals surface area contributed by atoms with Crippen molar-refractivity contribution >= 4 is 11.8 Å². The van der Waals surface area contributed by atoms with E-state index >= 15 is 0 Å². The van der Waals surface area contributed by atoms with Gasteiger partial charge in [-0.15, -0.1) is 0 Å². The molecule has 0 spiro atoms. The van der Waals surface area contributed by atoms with Crippen LogP contribution in [0.5, 0.6) is 11.5 Å². The second kappa shape index (κ2) is 8.70. The lowest BCUT2D eigenvalue weighted by atomic mass is 10.0. The van der Waals surface area contributed by atoms with Crippen LogP contribution in [0.4, 0.5) is 0 Å². The highest BCUT2D eigenvalue weighted by molar-refractivity contribution is 5.96. The Morgan fingerprint density at radius 2 is 1.16 bits per heavy atom. The molecule has 7 heteroatoms. The smallest absolute Gasteiger partial charge is 0.270 e. The number of para-hydroxylation sites is 2. The molecule has 0 saturated heterocycles. The van der Waals surface area contributed by atoms with E-state index in [9.17, 15) is 9.59 Å². The lowest BCUT2D eigenvalue weighted by Gasteiger charge is -2.27. The highest BCUT2D eigenvalue weighted by Gasteiger charge is 2.25. The first-order valence-corrected chi connectivity index (χ1v) is 10.7. The van der Waals surface area contributed by atoms with E-state index in [0.29, 0.717) is 26.1 Å². The lowest BCUT2D eigenvalue weighted by Crippen LogP contribution is -2.34. The molecule has 2 aliphatic heterocycles. The van der Waals surface area contributed by atoms with E-state index in [1.54, 1.807) is 18.2 Å². The second-order valence-electron chi connectivity index (χ2n) is 7.81.